The van der Waals surface area contributed by atoms with Crippen molar-refractivity contribution in [1.29, 1.82) is 0 Å². The van der Waals surface area contributed by atoms with E-state index < -0.39 is 18.6 Å². The summed E-state index contributed by atoms with van der Waals surface area (Å²) in [6.07, 6.45) is 3.13. The summed E-state index contributed by atoms with van der Waals surface area (Å²) in [5, 5.41) is 13.2. The number of aromatic nitrogens is 1. The van der Waals surface area contributed by atoms with Gasteiger partial charge in [-0.15, -0.1) is 0 Å². The molecule has 1 aromatic heterocycles. The largest absolute Gasteiger partial charge is 0.488 e. The zero-order chi connectivity index (χ0) is 29.2. The topological polar surface area (TPSA) is 89.9 Å². The Morgan fingerprint density at radius 1 is 0.976 bits per heavy atom. The Morgan fingerprint density at radius 2 is 1.76 bits per heavy atom. The predicted octanol–water partition coefficient (Wildman–Crippen LogP) is 6.72. The lowest BCUT2D eigenvalue weighted by Gasteiger charge is -2.20. The van der Waals surface area contributed by atoms with Crippen molar-refractivity contribution in [3.63, 3.8) is 0 Å². The van der Waals surface area contributed by atoms with Crippen LogP contribution in [0.3, 0.4) is 0 Å². The van der Waals surface area contributed by atoms with Gasteiger partial charge in [-0.1, -0.05) is 66.2 Å². The van der Waals surface area contributed by atoms with E-state index >= 15 is 0 Å². The molecule has 9 heteroatoms. The molecule has 2 N–H and O–H groups in total. The van der Waals surface area contributed by atoms with Crippen molar-refractivity contribution in [3.05, 3.63) is 111 Å². The summed E-state index contributed by atoms with van der Waals surface area (Å²) < 4.78 is 18.5. The summed E-state index contributed by atoms with van der Waals surface area (Å²) in [4.78, 5) is 16.5. The first kappa shape index (κ1) is 30.5. The Balaban J connectivity index is 1.55. The molecule has 1 heterocycles. The minimum absolute atomic E-state index is 0.200. The molecule has 0 radical (unpaired) electrons. The molecule has 1 atom stereocenters. The number of aliphatic hydroxyl groups is 1. The third-order valence-corrected chi connectivity index (χ3v) is 7.37. The third kappa shape index (κ3) is 8.53. The molecule has 214 valence electrons. The molecule has 0 spiro atoms. The average Bonchev–Trinajstić information content (AvgIpc) is 2.97. The fraction of sp³-hybridized carbons (Fsp3) is 0.250. The van der Waals surface area contributed by atoms with Gasteiger partial charge in [-0.2, -0.15) is 0 Å². The molecule has 7 nitrogen and oxygen atoms in total. The summed E-state index contributed by atoms with van der Waals surface area (Å²) in [6.45, 7) is 3.84. The highest BCUT2D eigenvalue weighted by molar-refractivity contribution is 9.10. The highest BCUT2D eigenvalue weighted by atomic mass is 79.9. The molecule has 0 saturated carbocycles. The fourth-order valence-electron chi connectivity index (χ4n) is 4.06. The third-order valence-electron chi connectivity index (χ3n) is 6.14. The van der Waals surface area contributed by atoms with E-state index in [-0.39, 0.29) is 25.9 Å². The average molecular weight is 640 g/mol. The molecule has 0 fully saturated rings. The van der Waals surface area contributed by atoms with Gasteiger partial charge >= 0.3 is 5.97 Å². The van der Waals surface area contributed by atoms with Gasteiger partial charge in [0.1, 0.15) is 30.8 Å². The van der Waals surface area contributed by atoms with Crippen LogP contribution in [0.1, 0.15) is 30.5 Å². The van der Waals surface area contributed by atoms with Crippen molar-refractivity contribution < 1.29 is 24.1 Å². The van der Waals surface area contributed by atoms with Crippen LogP contribution in [0.25, 0.3) is 11.1 Å². The maximum atomic E-state index is 12.4. The Labute approximate surface area is 253 Å². The number of aliphatic hydroxyl groups excluding tert-OH is 1. The summed E-state index contributed by atoms with van der Waals surface area (Å²) in [5.41, 5.74) is 4.70. The van der Waals surface area contributed by atoms with E-state index in [4.69, 9.17) is 25.8 Å². The van der Waals surface area contributed by atoms with Crippen molar-refractivity contribution in [2.24, 2.45) is 0 Å². The number of carbonyl (C=O) groups excluding carboxylic acids is 1. The first-order valence-corrected chi connectivity index (χ1v) is 14.4. The van der Waals surface area contributed by atoms with E-state index in [1.165, 1.54) is 0 Å². The van der Waals surface area contributed by atoms with Gasteiger partial charge in [0, 0.05) is 46.2 Å². The molecule has 0 amide bonds. The normalized spacial score (nSPS) is 11.8. The molecule has 0 aliphatic rings. The van der Waals surface area contributed by atoms with E-state index in [9.17, 15) is 9.90 Å². The van der Waals surface area contributed by atoms with Crippen LogP contribution >= 0.6 is 27.5 Å². The maximum Gasteiger partial charge on any atom is 0.325 e. The van der Waals surface area contributed by atoms with Gasteiger partial charge in [-0.05, 0) is 53.0 Å². The van der Waals surface area contributed by atoms with Gasteiger partial charge in [0.2, 0.25) is 0 Å². The number of ether oxygens (including phenoxy) is 3. The van der Waals surface area contributed by atoms with Gasteiger partial charge < -0.3 is 19.3 Å². The van der Waals surface area contributed by atoms with E-state index in [0.717, 1.165) is 26.7 Å². The SMILES string of the molecule is CC(C)OC(=O)C(CO)NCc1cc(Cl)c(OCc2cccc(-c3ccccc3)c2Br)cc1OCc1cccnc1. The number of carbonyl (C=O) groups is 1. The molecule has 0 aliphatic heterocycles. The molecule has 1 unspecified atom stereocenters. The van der Waals surface area contributed by atoms with Gasteiger partial charge in [0.05, 0.1) is 17.7 Å². The molecule has 4 aromatic rings. The molecule has 0 bridgehead atoms. The Hall–Kier alpha value is -3.43. The second kappa shape index (κ2) is 15.0. The summed E-state index contributed by atoms with van der Waals surface area (Å²) in [6, 6.07) is 22.5. The summed E-state index contributed by atoms with van der Waals surface area (Å²) in [7, 11) is 0. The van der Waals surface area contributed by atoms with Crippen molar-refractivity contribution >= 4 is 33.5 Å². The van der Waals surface area contributed by atoms with Crippen LogP contribution in [0.15, 0.2) is 89.7 Å². The number of nitrogens with zero attached hydrogens (tertiary/aromatic N) is 1. The number of halogens is 2. The van der Waals surface area contributed by atoms with Crippen LogP contribution in [-0.4, -0.2) is 34.8 Å². The summed E-state index contributed by atoms with van der Waals surface area (Å²) >= 11 is 10.4. The van der Waals surface area contributed by atoms with E-state index in [2.05, 4.69) is 44.4 Å². The number of pyridine rings is 1. The highest BCUT2D eigenvalue weighted by Crippen LogP contribution is 2.36. The lowest BCUT2D eigenvalue weighted by Crippen LogP contribution is -2.41. The number of hydrogen-bond acceptors (Lipinski definition) is 7. The monoisotopic (exact) mass is 638 g/mol. The smallest absolute Gasteiger partial charge is 0.325 e. The number of hydrogen-bond donors (Lipinski definition) is 2. The zero-order valence-corrected chi connectivity index (χ0v) is 25.2. The Kier molecular flexibility index (Phi) is 11.2. The molecule has 0 saturated heterocycles. The first-order chi connectivity index (χ1) is 19.9. The van der Waals surface area contributed by atoms with Crippen LogP contribution in [-0.2, 0) is 29.3 Å². The van der Waals surface area contributed by atoms with Crippen molar-refractivity contribution in [2.45, 2.75) is 45.8 Å². The zero-order valence-electron chi connectivity index (χ0n) is 22.8. The lowest BCUT2D eigenvalue weighted by atomic mass is 10.0. The predicted molar refractivity (Wildman–Crippen MR) is 163 cm³/mol. The molecule has 0 aliphatic carbocycles. The quantitative estimate of drug-likeness (QED) is 0.157. The van der Waals surface area contributed by atoms with Crippen LogP contribution in [0.4, 0.5) is 0 Å². The fourth-order valence-corrected chi connectivity index (χ4v) is 4.91. The molecule has 3 aromatic carbocycles. The van der Waals surface area contributed by atoms with Crippen molar-refractivity contribution in [2.75, 3.05) is 6.61 Å². The Bertz CT molecular complexity index is 1440. The van der Waals surface area contributed by atoms with E-state index in [0.29, 0.717) is 22.1 Å². The summed E-state index contributed by atoms with van der Waals surface area (Å²) in [5.74, 6) is 0.438. The Morgan fingerprint density at radius 3 is 2.46 bits per heavy atom. The standard InChI is InChI=1S/C32H32BrClN2O5/c1-21(2)41-32(38)28(18-37)36-17-25-14-27(34)30(15-29(25)39-19-22-8-7-13-35-16-22)40-20-24-11-6-12-26(31(24)33)23-9-4-3-5-10-23/h3-16,21,28,36-37H,17-20H2,1-2H3. The van der Waals surface area contributed by atoms with Gasteiger partial charge in [-0.25, -0.2) is 0 Å². The number of nitrogens with one attached hydrogen (secondary N) is 1. The maximum absolute atomic E-state index is 12.4. The lowest BCUT2D eigenvalue weighted by molar-refractivity contribution is -0.151. The van der Waals surface area contributed by atoms with Crippen LogP contribution in [0.2, 0.25) is 5.02 Å². The van der Waals surface area contributed by atoms with Crippen LogP contribution in [0, 0.1) is 0 Å². The van der Waals surface area contributed by atoms with Crippen LogP contribution in [0.5, 0.6) is 11.5 Å². The van der Waals surface area contributed by atoms with Gasteiger partial charge in [0.15, 0.2) is 0 Å². The molecule has 4 rings (SSSR count). The molecular formula is C32H32BrClN2O5. The van der Waals surface area contributed by atoms with Crippen molar-refractivity contribution in [3.8, 4) is 22.6 Å². The number of esters is 1. The second-order valence-corrected chi connectivity index (χ2v) is 10.8. The highest BCUT2D eigenvalue weighted by Gasteiger charge is 2.21. The van der Waals surface area contributed by atoms with Gasteiger partial charge in [0.25, 0.3) is 0 Å². The molecular weight excluding hydrogens is 608 g/mol. The molecule has 41 heavy (non-hydrogen) atoms. The second-order valence-electron chi connectivity index (χ2n) is 9.58. The van der Waals surface area contributed by atoms with Gasteiger partial charge in [-0.3, -0.25) is 15.1 Å². The number of benzene rings is 3. The van der Waals surface area contributed by atoms with Crippen LogP contribution < -0.4 is 14.8 Å². The number of rotatable bonds is 13. The van der Waals surface area contributed by atoms with E-state index in [1.807, 2.05) is 42.5 Å². The first-order valence-electron chi connectivity index (χ1n) is 13.2. The van der Waals surface area contributed by atoms with E-state index in [1.54, 1.807) is 38.4 Å². The van der Waals surface area contributed by atoms with Crippen molar-refractivity contribution in [1.82, 2.24) is 10.3 Å². The minimum Gasteiger partial charge on any atom is -0.488 e. The minimum atomic E-state index is -0.896.